The fraction of sp³-hybridized carbons (Fsp3) is 0.522. The number of carboxylic acids is 1. The van der Waals surface area contributed by atoms with Gasteiger partial charge in [-0.15, -0.1) is 0 Å². The molecule has 33 heavy (non-hydrogen) atoms. The van der Waals surface area contributed by atoms with Gasteiger partial charge in [0, 0.05) is 36.4 Å². The van der Waals surface area contributed by atoms with Gasteiger partial charge >= 0.3 is 12.1 Å². The molecule has 1 saturated heterocycles. The van der Waals surface area contributed by atoms with Crippen LogP contribution in [-0.2, 0) is 41.1 Å². The van der Waals surface area contributed by atoms with Crippen molar-refractivity contribution in [1.29, 1.82) is 0 Å². The van der Waals surface area contributed by atoms with Gasteiger partial charge in [-0.25, -0.2) is 0 Å². The number of rotatable bonds is 5. The van der Waals surface area contributed by atoms with E-state index in [0.29, 0.717) is 19.2 Å². The van der Waals surface area contributed by atoms with Crippen molar-refractivity contribution in [3.05, 3.63) is 52.1 Å². The Morgan fingerprint density at radius 3 is 2.45 bits per heavy atom. The van der Waals surface area contributed by atoms with Crippen LogP contribution in [0.2, 0.25) is 0 Å². The molecule has 1 atom stereocenters. The van der Waals surface area contributed by atoms with Crippen LogP contribution in [0.15, 0.2) is 29.3 Å². The zero-order chi connectivity index (χ0) is 24.6. The van der Waals surface area contributed by atoms with E-state index in [1.165, 1.54) is 0 Å². The molecule has 3 rings (SSSR count). The second-order valence-electron chi connectivity index (χ2n) is 9.24. The van der Waals surface area contributed by atoms with Crippen molar-refractivity contribution in [1.82, 2.24) is 9.36 Å². The van der Waals surface area contributed by atoms with Crippen molar-refractivity contribution in [2.45, 2.75) is 64.3 Å². The maximum Gasteiger partial charge on any atom is 0.416 e. The maximum absolute atomic E-state index is 13.3. The Labute approximate surface area is 189 Å². The molecule has 1 amide bonds. The van der Waals surface area contributed by atoms with Gasteiger partial charge in [-0.3, -0.25) is 19.0 Å². The maximum atomic E-state index is 13.3. The van der Waals surface area contributed by atoms with E-state index in [1.807, 2.05) is 32.5 Å². The van der Waals surface area contributed by atoms with Crippen molar-refractivity contribution in [2.24, 2.45) is 12.0 Å². The van der Waals surface area contributed by atoms with E-state index in [4.69, 9.17) is 9.84 Å². The highest BCUT2D eigenvalue weighted by Gasteiger charge is 2.32. The molecule has 2 aromatic rings. The fourth-order valence-corrected chi connectivity index (χ4v) is 4.00. The van der Waals surface area contributed by atoms with E-state index >= 15 is 0 Å². The van der Waals surface area contributed by atoms with E-state index in [0.717, 1.165) is 30.7 Å². The molecule has 0 aliphatic carbocycles. The number of alkyl halides is 3. The third-order valence-corrected chi connectivity index (χ3v) is 5.64. The number of carbonyl (C=O) groups excluding carboxylic acids is 1. The lowest BCUT2D eigenvalue weighted by Gasteiger charge is -2.21. The first-order chi connectivity index (χ1) is 15.3. The Kier molecular flexibility index (Phi) is 6.88. The first-order valence-electron chi connectivity index (χ1n) is 10.7. The minimum atomic E-state index is -4.68. The molecule has 1 N–H and O–H groups in total. The van der Waals surface area contributed by atoms with Gasteiger partial charge in [-0.1, -0.05) is 26.8 Å². The van der Waals surface area contributed by atoms with Crippen LogP contribution in [0.5, 0.6) is 0 Å². The smallest absolute Gasteiger partial charge is 0.416 e. The second-order valence-corrected chi connectivity index (χ2v) is 9.24. The number of ether oxygens (including phenoxy) is 1. The van der Waals surface area contributed by atoms with Crippen molar-refractivity contribution >= 4 is 11.9 Å². The van der Waals surface area contributed by atoms with Gasteiger partial charge in [0.1, 0.15) is 0 Å². The van der Waals surface area contributed by atoms with Gasteiger partial charge in [-0.05, 0) is 30.5 Å². The SMILES string of the molecule is Cn1c(C(C)(C)C)c/c(=N\C(=O)c2cc(C(F)(F)F)ccc2CC(=O)O)n1C[C@H]1CCCO1. The zero-order valence-electron chi connectivity index (χ0n) is 19.1. The van der Waals surface area contributed by atoms with Gasteiger partial charge in [0.05, 0.1) is 24.6 Å². The van der Waals surface area contributed by atoms with E-state index in [-0.39, 0.29) is 28.1 Å². The molecular formula is C23H28F3N3O4. The lowest BCUT2D eigenvalue weighted by molar-refractivity contribution is -0.137. The first-order valence-corrected chi connectivity index (χ1v) is 10.7. The Hall–Kier alpha value is -2.88. The van der Waals surface area contributed by atoms with Gasteiger partial charge in [0.25, 0.3) is 5.91 Å². The monoisotopic (exact) mass is 467 g/mol. The summed E-state index contributed by atoms with van der Waals surface area (Å²) in [6.07, 6.45) is -3.55. The van der Waals surface area contributed by atoms with Crippen LogP contribution in [-0.4, -0.2) is 39.1 Å². The molecule has 180 valence electrons. The third-order valence-electron chi connectivity index (χ3n) is 5.64. The molecule has 0 spiro atoms. The minimum Gasteiger partial charge on any atom is -0.481 e. The molecule has 0 bridgehead atoms. The average molecular weight is 467 g/mol. The van der Waals surface area contributed by atoms with Crippen molar-refractivity contribution in [3.8, 4) is 0 Å². The van der Waals surface area contributed by atoms with E-state index in [2.05, 4.69) is 4.99 Å². The van der Waals surface area contributed by atoms with Crippen LogP contribution >= 0.6 is 0 Å². The Bertz CT molecular complexity index is 1120. The summed E-state index contributed by atoms with van der Waals surface area (Å²) < 4.78 is 49.1. The molecule has 1 aromatic carbocycles. The van der Waals surface area contributed by atoms with E-state index < -0.39 is 30.0 Å². The first kappa shape index (κ1) is 24.8. The summed E-state index contributed by atoms with van der Waals surface area (Å²) >= 11 is 0. The quantitative estimate of drug-likeness (QED) is 0.727. The lowest BCUT2D eigenvalue weighted by Crippen LogP contribution is -2.30. The van der Waals surface area contributed by atoms with Crippen LogP contribution < -0.4 is 5.49 Å². The summed E-state index contributed by atoms with van der Waals surface area (Å²) in [7, 11) is 1.83. The molecule has 1 aromatic heterocycles. The number of carbonyl (C=O) groups is 2. The van der Waals surface area contributed by atoms with Crippen molar-refractivity contribution in [3.63, 3.8) is 0 Å². The predicted molar refractivity (Wildman–Crippen MR) is 114 cm³/mol. The molecule has 0 radical (unpaired) electrons. The van der Waals surface area contributed by atoms with E-state index in [9.17, 15) is 22.8 Å². The Balaban J connectivity index is 2.13. The highest BCUT2D eigenvalue weighted by molar-refractivity contribution is 5.97. The summed E-state index contributed by atoms with van der Waals surface area (Å²) in [6.45, 7) is 7.09. The number of amides is 1. The second kappa shape index (κ2) is 9.17. The van der Waals surface area contributed by atoms with Crippen LogP contribution in [0.4, 0.5) is 13.2 Å². The number of carboxylic acid groups (broad SMARTS) is 1. The van der Waals surface area contributed by atoms with Crippen LogP contribution in [0.3, 0.4) is 0 Å². The molecule has 7 nitrogen and oxygen atoms in total. The van der Waals surface area contributed by atoms with E-state index in [1.54, 1.807) is 10.7 Å². The van der Waals surface area contributed by atoms with Gasteiger partial charge in [-0.2, -0.15) is 18.2 Å². The summed E-state index contributed by atoms with van der Waals surface area (Å²) in [4.78, 5) is 28.4. The molecule has 1 aliphatic heterocycles. The molecule has 0 saturated carbocycles. The number of aliphatic carboxylic acids is 1. The lowest BCUT2D eigenvalue weighted by atomic mass is 9.92. The normalized spacial score (nSPS) is 17.5. The Morgan fingerprint density at radius 2 is 1.91 bits per heavy atom. The van der Waals surface area contributed by atoms with Crippen LogP contribution in [0.1, 0.15) is 60.8 Å². The number of aromatic nitrogens is 2. The molecular weight excluding hydrogens is 439 g/mol. The molecule has 10 heteroatoms. The predicted octanol–water partition coefficient (Wildman–Crippen LogP) is 3.69. The fourth-order valence-electron chi connectivity index (χ4n) is 4.00. The van der Waals surface area contributed by atoms with Gasteiger partial charge in [0.2, 0.25) is 0 Å². The summed E-state index contributed by atoms with van der Waals surface area (Å²) in [5.41, 5.74) is -0.567. The highest BCUT2D eigenvalue weighted by Crippen LogP contribution is 2.31. The summed E-state index contributed by atoms with van der Waals surface area (Å²) in [6, 6.07) is 4.19. The number of hydrogen-bond acceptors (Lipinski definition) is 3. The number of nitrogens with zero attached hydrogens (tertiary/aromatic N) is 3. The van der Waals surface area contributed by atoms with Crippen LogP contribution in [0.25, 0.3) is 0 Å². The van der Waals surface area contributed by atoms with Gasteiger partial charge in [0.15, 0.2) is 5.49 Å². The standard InChI is InChI=1S/C23H28F3N3O4/c1-22(2,3)18-12-19(29(28(18)4)13-16-6-5-9-33-16)27-21(32)17-11-15(23(24,25)26)8-7-14(17)10-20(30)31/h7-8,11-12,16H,5-6,9-10,13H2,1-4H3,(H,30,31)/b27-19+/t16-/m1/s1. The van der Waals surface area contributed by atoms with Gasteiger partial charge < -0.3 is 9.84 Å². The van der Waals surface area contributed by atoms with Crippen molar-refractivity contribution < 1.29 is 32.6 Å². The molecule has 1 aliphatic rings. The zero-order valence-corrected chi connectivity index (χ0v) is 19.1. The highest BCUT2D eigenvalue weighted by atomic mass is 19.4. The molecule has 1 fully saturated rings. The minimum absolute atomic E-state index is 0.0260. The largest absolute Gasteiger partial charge is 0.481 e. The van der Waals surface area contributed by atoms with Crippen molar-refractivity contribution in [2.75, 3.05) is 6.61 Å². The molecule has 2 heterocycles. The molecule has 0 unspecified atom stereocenters. The van der Waals surface area contributed by atoms with Crippen LogP contribution in [0, 0.1) is 0 Å². The number of hydrogen-bond donors (Lipinski definition) is 1. The summed E-state index contributed by atoms with van der Waals surface area (Å²) in [5, 5.41) is 9.14. The average Bonchev–Trinajstić information content (AvgIpc) is 3.30. The summed E-state index contributed by atoms with van der Waals surface area (Å²) in [5.74, 6) is -2.18. The topological polar surface area (TPSA) is 85.8 Å². The Morgan fingerprint density at radius 1 is 1.21 bits per heavy atom. The third kappa shape index (κ3) is 5.73. The number of benzene rings is 1. The number of halogens is 3.